The lowest BCUT2D eigenvalue weighted by Crippen LogP contribution is -2.26. The first-order valence-corrected chi connectivity index (χ1v) is 10.0. The van der Waals surface area contributed by atoms with Crippen LogP contribution in [0.1, 0.15) is 23.3 Å². The molecule has 0 bridgehead atoms. The van der Waals surface area contributed by atoms with Crippen molar-refractivity contribution < 1.29 is 4.79 Å². The smallest absolute Gasteiger partial charge is 0.216 e. The summed E-state index contributed by atoms with van der Waals surface area (Å²) in [6, 6.07) is 4.04. The Labute approximate surface area is 172 Å². The molecule has 0 saturated carbocycles. The number of amides is 1. The van der Waals surface area contributed by atoms with Crippen LogP contribution in [0, 0.1) is 6.92 Å². The van der Waals surface area contributed by atoms with Gasteiger partial charge >= 0.3 is 0 Å². The Kier molecular flexibility index (Phi) is 5.26. The quantitative estimate of drug-likeness (QED) is 0.452. The number of aromatic nitrogens is 6. The van der Waals surface area contributed by atoms with Gasteiger partial charge in [-0.25, -0.2) is 9.97 Å². The van der Waals surface area contributed by atoms with Crippen molar-refractivity contribution in [2.75, 3.05) is 18.4 Å². The number of fused-ring (bicyclic) bond motifs is 1. The minimum Gasteiger partial charge on any atom is -0.366 e. The van der Waals surface area contributed by atoms with E-state index in [0.29, 0.717) is 19.5 Å². The van der Waals surface area contributed by atoms with Crippen LogP contribution in [0.15, 0.2) is 30.7 Å². The molecule has 0 aliphatic carbocycles. The normalized spacial score (nSPS) is 11.1. The average molecular weight is 411 g/mol. The molecule has 0 aliphatic rings. The highest BCUT2D eigenvalue weighted by Crippen LogP contribution is 2.26. The Morgan fingerprint density at radius 3 is 2.83 bits per heavy atom. The molecule has 0 radical (unpaired) electrons. The minimum atomic E-state index is -0.0559. The monoisotopic (exact) mass is 410 g/mol. The van der Waals surface area contributed by atoms with Gasteiger partial charge in [0.15, 0.2) is 5.82 Å². The molecule has 9 nitrogen and oxygen atoms in total. The number of hydrogen-bond donors (Lipinski definition) is 2. The van der Waals surface area contributed by atoms with Crippen molar-refractivity contribution in [2.24, 2.45) is 7.05 Å². The van der Waals surface area contributed by atoms with E-state index in [-0.39, 0.29) is 5.91 Å². The summed E-state index contributed by atoms with van der Waals surface area (Å²) in [5.41, 5.74) is 3.66. The van der Waals surface area contributed by atoms with E-state index in [4.69, 9.17) is 9.97 Å². The molecule has 4 aromatic rings. The Hall–Kier alpha value is -3.27. The minimum absolute atomic E-state index is 0.0559. The Bertz CT molecular complexity index is 1160. The van der Waals surface area contributed by atoms with Gasteiger partial charge in [-0.3, -0.25) is 9.48 Å². The predicted molar refractivity (Wildman–Crippen MR) is 112 cm³/mol. The van der Waals surface area contributed by atoms with E-state index in [9.17, 15) is 4.79 Å². The number of hydrogen-bond acceptors (Lipinski definition) is 7. The van der Waals surface area contributed by atoms with E-state index in [1.165, 1.54) is 18.5 Å². The van der Waals surface area contributed by atoms with Crippen LogP contribution in [0.3, 0.4) is 0 Å². The van der Waals surface area contributed by atoms with Gasteiger partial charge in [0.25, 0.3) is 0 Å². The lowest BCUT2D eigenvalue weighted by molar-refractivity contribution is -0.118. The first-order chi connectivity index (χ1) is 14.0. The second kappa shape index (κ2) is 8.00. The molecule has 0 aliphatic heterocycles. The van der Waals surface area contributed by atoms with Crippen molar-refractivity contribution >= 4 is 34.3 Å². The number of nitrogens with one attached hydrogen (secondary N) is 2. The molecule has 1 amide bonds. The molecule has 0 fully saturated rings. The number of nitrogens with zero attached hydrogens (tertiary/aromatic N) is 6. The Morgan fingerprint density at radius 1 is 1.28 bits per heavy atom. The molecule has 4 aromatic heterocycles. The zero-order valence-electron chi connectivity index (χ0n) is 16.5. The van der Waals surface area contributed by atoms with Gasteiger partial charge in [0.1, 0.15) is 11.3 Å². The molecular formula is C19H22N8OS. The standard InChI is InChI=1S/C19H22N8OS/c1-12-8-15(29-25-12)9-17-23-16-4-7-27(14-10-22-26(3)11-14)18(16)19(24-17)21-6-5-20-13(2)28/h4,7-8,10-11H,5-6,9H2,1-3H3,(H,20,28)(H,21,23,24). The van der Waals surface area contributed by atoms with Gasteiger partial charge < -0.3 is 15.2 Å². The van der Waals surface area contributed by atoms with Gasteiger partial charge in [0.05, 0.1) is 23.1 Å². The van der Waals surface area contributed by atoms with Crippen LogP contribution < -0.4 is 10.6 Å². The van der Waals surface area contributed by atoms with Crippen molar-refractivity contribution in [1.29, 1.82) is 0 Å². The summed E-state index contributed by atoms with van der Waals surface area (Å²) < 4.78 is 8.11. The van der Waals surface area contributed by atoms with Crippen molar-refractivity contribution in [1.82, 2.24) is 34.0 Å². The van der Waals surface area contributed by atoms with Gasteiger partial charge in [-0.1, -0.05) is 0 Å². The van der Waals surface area contributed by atoms with Crippen LogP contribution in [0.5, 0.6) is 0 Å². The molecule has 0 aromatic carbocycles. The number of carbonyl (C=O) groups excluding carboxylic acids is 1. The molecule has 10 heteroatoms. The Balaban J connectivity index is 1.70. The maximum atomic E-state index is 11.1. The van der Waals surface area contributed by atoms with Crippen LogP contribution in [0.4, 0.5) is 5.82 Å². The Morgan fingerprint density at radius 2 is 2.14 bits per heavy atom. The fraction of sp³-hybridized carbons (Fsp3) is 0.316. The lowest BCUT2D eigenvalue weighted by atomic mass is 10.3. The van der Waals surface area contributed by atoms with Gasteiger partial charge in [-0.15, -0.1) is 0 Å². The van der Waals surface area contributed by atoms with Crippen LogP contribution in [-0.2, 0) is 18.3 Å². The fourth-order valence-corrected chi connectivity index (χ4v) is 3.85. The van der Waals surface area contributed by atoms with Gasteiger partial charge in [0, 0.05) is 50.8 Å². The third-order valence-electron chi connectivity index (χ3n) is 4.35. The maximum absolute atomic E-state index is 11.1. The fourth-order valence-electron chi connectivity index (χ4n) is 3.12. The summed E-state index contributed by atoms with van der Waals surface area (Å²) in [5, 5.41) is 10.4. The van der Waals surface area contributed by atoms with E-state index < -0.39 is 0 Å². The van der Waals surface area contributed by atoms with Crippen LogP contribution in [0.2, 0.25) is 0 Å². The molecule has 0 spiro atoms. The van der Waals surface area contributed by atoms with Crippen molar-refractivity contribution in [3.05, 3.63) is 47.1 Å². The summed E-state index contributed by atoms with van der Waals surface area (Å²) in [6.07, 6.45) is 6.33. The van der Waals surface area contributed by atoms with Crippen molar-refractivity contribution in [3.8, 4) is 5.69 Å². The first kappa shape index (κ1) is 19.1. The van der Waals surface area contributed by atoms with E-state index in [0.717, 1.165) is 38.9 Å². The topological polar surface area (TPSA) is 103 Å². The SMILES string of the molecule is CC(=O)NCCNc1nc(Cc2cc(C)ns2)nc2ccn(-c3cnn(C)c3)c12. The third kappa shape index (κ3) is 4.27. The van der Waals surface area contributed by atoms with Crippen LogP contribution in [0.25, 0.3) is 16.7 Å². The summed E-state index contributed by atoms with van der Waals surface area (Å²) in [6.45, 7) is 4.56. The molecule has 4 rings (SSSR count). The highest BCUT2D eigenvalue weighted by molar-refractivity contribution is 7.05. The first-order valence-electron chi connectivity index (χ1n) is 9.27. The van der Waals surface area contributed by atoms with E-state index in [2.05, 4.69) is 26.2 Å². The van der Waals surface area contributed by atoms with Gasteiger partial charge in [-0.2, -0.15) is 9.47 Å². The molecular weight excluding hydrogens is 388 g/mol. The second-order valence-electron chi connectivity index (χ2n) is 6.80. The zero-order valence-corrected chi connectivity index (χ0v) is 17.3. The predicted octanol–water partition coefficient (Wildman–Crippen LogP) is 2.06. The van der Waals surface area contributed by atoms with E-state index in [1.807, 2.05) is 37.0 Å². The van der Waals surface area contributed by atoms with Crippen LogP contribution in [-0.4, -0.2) is 47.7 Å². The van der Waals surface area contributed by atoms with Gasteiger partial charge in [-0.05, 0) is 30.6 Å². The maximum Gasteiger partial charge on any atom is 0.216 e. The molecule has 0 saturated heterocycles. The third-order valence-corrected chi connectivity index (χ3v) is 5.23. The zero-order chi connectivity index (χ0) is 20.4. The molecule has 29 heavy (non-hydrogen) atoms. The molecule has 4 heterocycles. The number of carbonyl (C=O) groups is 1. The molecule has 0 atom stereocenters. The van der Waals surface area contributed by atoms with E-state index >= 15 is 0 Å². The second-order valence-corrected chi connectivity index (χ2v) is 7.69. The number of rotatable bonds is 7. The van der Waals surface area contributed by atoms with Crippen LogP contribution >= 0.6 is 11.5 Å². The summed E-state index contributed by atoms with van der Waals surface area (Å²) in [4.78, 5) is 21.8. The summed E-state index contributed by atoms with van der Waals surface area (Å²) in [5.74, 6) is 1.40. The molecule has 0 unspecified atom stereocenters. The van der Waals surface area contributed by atoms with E-state index in [1.54, 1.807) is 10.9 Å². The molecule has 2 N–H and O–H groups in total. The van der Waals surface area contributed by atoms with Crippen molar-refractivity contribution in [3.63, 3.8) is 0 Å². The largest absolute Gasteiger partial charge is 0.366 e. The summed E-state index contributed by atoms with van der Waals surface area (Å²) >= 11 is 1.47. The highest BCUT2D eigenvalue weighted by atomic mass is 32.1. The highest BCUT2D eigenvalue weighted by Gasteiger charge is 2.15. The number of anilines is 1. The average Bonchev–Trinajstić information content (AvgIpc) is 3.38. The molecule has 150 valence electrons. The summed E-state index contributed by atoms with van der Waals surface area (Å²) in [7, 11) is 1.88. The lowest BCUT2D eigenvalue weighted by Gasteiger charge is -2.11. The number of aryl methyl sites for hydroxylation is 2. The van der Waals surface area contributed by atoms with Gasteiger partial charge in [0.2, 0.25) is 5.91 Å². The van der Waals surface area contributed by atoms with Crippen molar-refractivity contribution in [2.45, 2.75) is 20.3 Å².